The van der Waals surface area contributed by atoms with Crippen molar-refractivity contribution in [3.63, 3.8) is 0 Å². The molecule has 4 aromatic rings. The fourth-order valence-electron chi connectivity index (χ4n) is 6.67. The summed E-state index contributed by atoms with van der Waals surface area (Å²) in [4.78, 5) is 40.8. The third-order valence-electron chi connectivity index (χ3n) is 9.56. The Kier molecular flexibility index (Phi) is 7.91. The standard InChI is InChI=1S/C37H41N7O3/c1-37(2,3)26-7-8-28-25(18-26)19-27-13-17-44(35(28)45)34-30(22-47-27)29(10-14-38-34)31-20-32(36(46)43(5)41-31)40-33-9-6-24(21-39-33)23-11-15-42(4)16-12-23/h6-10,14,18-21,23H,11-13,15-17,22H2,1-5H3,(H,39,40)/b27-19+. The Labute approximate surface area is 275 Å². The molecule has 6 heterocycles. The van der Waals surface area contributed by atoms with Gasteiger partial charge in [0.25, 0.3) is 11.5 Å². The lowest BCUT2D eigenvalue weighted by atomic mass is 9.84. The highest BCUT2D eigenvalue weighted by molar-refractivity contribution is 6.09. The van der Waals surface area contributed by atoms with Crippen molar-refractivity contribution >= 4 is 29.3 Å². The van der Waals surface area contributed by atoms with Crippen LogP contribution in [0.1, 0.15) is 78.6 Å². The van der Waals surface area contributed by atoms with Gasteiger partial charge in [-0.2, -0.15) is 5.10 Å². The van der Waals surface area contributed by atoms with E-state index in [1.54, 1.807) is 24.2 Å². The van der Waals surface area contributed by atoms with Crippen LogP contribution in [0.5, 0.6) is 0 Å². The van der Waals surface area contributed by atoms with Crippen molar-refractivity contribution in [3.05, 3.63) is 98.8 Å². The van der Waals surface area contributed by atoms with E-state index in [1.165, 1.54) is 10.2 Å². The molecule has 1 saturated heterocycles. The number of fused-ring (bicyclic) bond motifs is 6. The number of carbonyl (C=O) groups excluding carboxylic acids is 1. The van der Waals surface area contributed by atoms with Crippen LogP contribution in [0.15, 0.2) is 65.4 Å². The fraction of sp³-hybridized carbons (Fsp3) is 0.378. The minimum Gasteiger partial charge on any atom is -0.493 e. The van der Waals surface area contributed by atoms with Crippen molar-refractivity contribution in [1.29, 1.82) is 0 Å². The molecule has 1 N–H and O–H groups in total. The van der Waals surface area contributed by atoms with Crippen molar-refractivity contribution in [2.45, 2.75) is 58.0 Å². The van der Waals surface area contributed by atoms with Crippen molar-refractivity contribution in [1.82, 2.24) is 24.6 Å². The highest BCUT2D eigenvalue weighted by Gasteiger charge is 2.31. The van der Waals surface area contributed by atoms with Crippen LogP contribution in [-0.2, 0) is 23.8 Å². The Morgan fingerprint density at radius 3 is 2.49 bits per heavy atom. The maximum absolute atomic E-state index is 14.1. The first kappa shape index (κ1) is 30.8. The van der Waals surface area contributed by atoms with Gasteiger partial charge in [0.05, 0.1) is 11.5 Å². The number of rotatable bonds is 4. The predicted molar refractivity (Wildman–Crippen MR) is 184 cm³/mol. The monoisotopic (exact) mass is 631 g/mol. The molecule has 10 heteroatoms. The Morgan fingerprint density at radius 1 is 0.936 bits per heavy atom. The number of hydrogen-bond acceptors (Lipinski definition) is 8. The second-order valence-corrected chi connectivity index (χ2v) is 13.9. The number of ether oxygens (including phenoxy) is 1. The van der Waals surface area contributed by atoms with E-state index in [0.717, 1.165) is 53.9 Å². The zero-order chi connectivity index (χ0) is 32.9. The Balaban J connectivity index is 1.22. The van der Waals surface area contributed by atoms with Gasteiger partial charge in [-0.25, -0.2) is 14.6 Å². The van der Waals surface area contributed by atoms with Gasteiger partial charge in [-0.15, -0.1) is 0 Å². The first-order valence-electron chi connectivity index (χ1n) is 16.3. The molecule has 0 spiro atoms. The highest BCUT2D eigenvalue weighted by Crippen LogP contribution is 2.37. The molecule has 10 nitrogen and oxygen atoms in total. The Bertz CT molecular complexity index is 1930. The van der Waals surface area contributed by atoms with E-state index in [4.69, 9.17) is 9.72 Å². The summed E-state index contributed by atoms with van der Waals surface area (Å²) in [5.74, 6) is 2.33. The average molecular weight is 632 g/mol. The lowest BCUT2D eigenvalue weighted by molar-refractivity contribution is 0.0979. The summed E-state index contributed by atoms with van der Waals surface area (Å²) < 4.78 is 7.74. The van der Waals surface area contributed by atoms with Crippen LogP contribution >= 0.6 is 0 Å². The number of hydrogen-bond donors (Lipinski definition) is 1. The van der Waals surface area contributed by atoms with E-state index >= 15 is 0 Å². The first-order valence-corrected chi connectivity index (χ1v) is 16.3. The molecule has 1 aromatic carbocycles. The Hall–Kier alpha value is -4.83. The molecule has 3 aliphatic heterocycles. The first-order chi connectivity index (χ1) is 22.5. The molecule has 1 amide bonds. The smallest absolute Gasteiger partial charge is 0.290 e. The number of anilines is 3. The van der Waals surface area contributed by atoms with Crippen molar-refractivity contribution in [3.8, 4) is 11.3 Å². The summed E-state index contributed by atoms with van der Waals surface area (Å²) in [7, 11) is 3.79. The van der Waals surface area contributed by atoms with Gasteiger partial charge >= 0.3 is 0 Å². The maximum Gasteiger partial charge on any atom is 0.290 e. The number of amides is 1. The van der Waals surface area contributed by atoms with Gasteiger partial charge in [0.15, 0.2) is 0 Å². The van der Waals surface area contributed by atoms with E-state index in [2.05, 4.69) is 60.3 Å². The molecule has 0 saturated carbocycles. The van der Waals surface area contributed by atoms with Crippen LogP contribution < -0.4 is 15.8 Å². The lowest BCUT2D eigenvalue weighted by Crippen LogP contribution is -2.36. The minimum absolute atomic E-state index is 0.0579. The quantitative estimate of drug-likeness (QED) is 0.292. The van der Waals surface area contributed by atoms with Gasteiger partial charge in [-0.3, -0.25) is 14.5 Å². The number of aryl methyl sites for hydroxylation is 1. The van der Waals surface area contributed by atoms with Crippen molar-refractivity contribution in [2.75, 3.05) is 36.9 Å². The summed E-state index contributed by atoms with van der Waals surface area (Å²) in [6.07, 6.45) is 8.40. The molecule has 0 unspecified atom stereocenters. The van der Waals surface area contributed by atoms with Crippen LogP contribution in [0.3, 0.4) is 0 Å². The van der Waals surface area contributed by atoms with Gasteiger partial charge < -0.3 is 15.0 Å². The number of aromatic nitrogens is 4. The zero-order valence-corrected chi connectivity index (χ0v) is 27.7. The molecule has 0 radical (unpaired) electrons. The average Bonchev–Trinajstić information content (AvgIpc) is 3.04. The highest BCUT2D eigenvalue weighted by atomic mass is 16.5. The van der Waals surface area contributed by atoms with Crippen molar-refractivity contribution in [2.24, 2.45) is 7.05 Å². The predicted octanol–water partition coefficient (Wildman–Crippen LogP) is 6.01. The van der Waals surface area contributed by atoms with E-state index < -0.39 is 0 Å². The third-order valence-corrected chi connectivity index (χ3v) is 9.56. The molecule has 1 fully saturated rings. The lowest BCUT2D eigenvalue weighted by Gasteiger charge is -2.31. The van der Waals surface area contributed by atoms with Crippen LogP contribution in [0.25, 0.3) is 17.3 Å². The van der Waals surface area contributed by atoms with E-state index in [-0.39, 0.29) is 23.5 Å². The summed E-state index contributed by atoms with van der Waals surface area (Å²) in [6, 6.07) is 13.7. The zero-order valence-electron chi connectivity index (χ0n) is 27.7. The normalized spacial score (nSPS) is 18.2. The molecule has 47 heavy (non-hydrogen) atoms. The van der Waals surface area contributed by atoms with E-state index in [1.807, 2.05) is 36.5 Å². The summed E-state index contributed by atoms with van der Waals surface area (Å²) in [5, 5.41) is 7.85. The molecular weight excluding hydrogens is 590 g/mol. The Morgan fingerprint density at radius 2 is 1.74 bits per heavy atom. The second kappa shape index (κ2) is 12.1. The van der Waals surface area contributed by atoms with E-state index in [9.17, 15) is 9.59 Å². The molecule has 7 rings (SSSR count). The molecule has 2 bridgehead atoms. The number of benzene rings is 1. The second-order valence-electron chi connectivity index (χ2n) is 13.9. The van der Waals surface area contributed by atoms with Gasteiger partial charge in [-0.1, -0.05) is 39.0 Å². The minimum atomic E-state index is -0.272. The molecular formula is C37H41N7O3. The van der Waals surface area contributed by atoms with Gasteiger partial charge in [-0.05, 0) is 91.3 Å². The molecule has 3 aromatic heterocycles. The third kappa shape index (κ3) is 6.05. The van der Waals surface area contributed by atoms with Crippen LogP contribution in [-0.4, -0.2) is 57.2 Å². The van der Waals surface area contributed by atoms with E-state index in [0.29, 0.717) is 47.5 Å². The SMILES string of the molecule is CN1CCC(c2ccc(Nc3cc(-c4ccnc5c4CO/C4=C/c6cc(C(C)(C)C)ccc6C(=O)N5CC4)nn(C)c3=O)nc2)CC1. The van der Waals surface area contributed by atoms with Crippen LogP contribution in [0, 0.1) is 0 Å². The number of nitrogens with one attached hydrogen (secondary N) is 1. The van der Waals surface area contributed by atoms with Crippen LogP contribution in [0.4, 0.5) is 17.3 Å². The number of pyridine rings is 2. The fourth-order valence-corrected chi connectivity index (χ4v) is 6.67. The molecule has 3 aliphatic rings. The van der Waals surface area contributed by atoms with Crippen molar-refractivity contribution < 1.29 is 9.53 Å². The largest absolute Gasteiger partial charge is 0.493 e. The topological polar surface area (TPSA) is 105 Å². The summed E-state index contributed by atoms with van der Waals surface area (Å²) in [5.41, 5.74) is 5.89. The van der Waals surface area contributed by atoms with Crippen LogP contribution in [0.2, 0.25) is 0 Å². The number of nitrogens with zero attached hydrogens (tertiary/aromatic N) is 6. The van der Waals surface area contributed by atoms with Gasteiger partial charge in [0.2, 0.25) is 0 Å². The summed E-state index contributed by atoms with van der Waals surface area (Å²) >= 11 is 0. The number of piperidine rings is 1. The number of carbonyl (C=O) groups is 1. The molecule has 0 atom stereocenters. The molecule has 0 aliphatic carbocycles. The molecule has 242 valence electrons. The maximum atomic E-state index is 14.1. The van der Waals surface area contributed by atoms with Gasteiger partial charge in [0.1, 0.15) is 23.9 Å². The van der Waals surface area contributed by atoms with Gasteiger partial charge in [0, 0.05) is 49.1 Å². The summed E-state index contributed by atoms with van der Waals surface area (Å²) in [6.45, 7) is 9.29. The number of likely N-dealkylation sites (tertiary alicyclic amines) is 1.